The van der Waals surface area contributed by atoms with Crippen molar-refractivity contribution in [2.45, 2.75) is 18.9 Å². The summed E-state index contributed by atoms with van der Waals surface area (Å²) in [4.78, 5) is 10.2. The third-order valence-electron chi connectivity index (χ3n) is 1.84. The van der Waals surface area contributed by atoms with E-state index >= 15 is 0 Å². The van der Waals surface area contributed by atoms with Crippen LogP contribution in [0.15, 0.2) is 0 Å². The van der Waals surface area contributed by atoms with Gasteiger partial charge in [0.1, 0.15) is 0 Å². The third-order valence-corrected chi connectivity index (χ3v) is 1.84. The fourth-order valence-corrected chi connectivity index (χ4v) is 0.872. The zero-order chi connectivity index (χ0) is 11.1. The van der Waals surface area contributed by atoms with Crippen molar-refractivity contribution in [2.24, 2.45) is 11.5 Å². The fourth-order valence-electron chi connectivity index (χ4n) is 0.872. The molecule has 0 fully saturated rings. The van der Waals surface area contributed by atoms with E-state index in [2.05, 4.69) is 0 Å². The fraction of sp³-hybridized carbons (Fsp3) is 0.714. The Bertz CT molecular complexity index is 229. The van der Waals surface area contributed by atoms with Gasteiger partial charge in [-0.05, 0) is 12.8 Å². The molecule has 0 radical (unpaired) electrons. The van der Waals surface area contributed by atoms with Gasteiger partial charge in [-0.3, -0.25) is 10.3 Å². The molecule has 0 unspecified atom stereocenters. The standard InChI is InChI=1S/C7H16N4O3/c1-11(7(9)10-14)4-2-3-5(8)6(12)13/h5H,2-4,8H2,1H3,(H4,9,10,12,13,14)/t5-/m0/s1. The smallest absolute Gasteiger partial charge is 0.371 e. The lowest BCUT2D eigenvalue weighted by Crippen LogP contribution is -2.42. The van der Waals surface area contributed by atoms with Gasteiger partial charge in [0.25, 0.3) is 0 Å². The summed E-state index contributed by atoms with van der Waals surface area (Å²) in [7, 11) is 1.66. The van der Waals surface area contributed by atoms with Gasteiger partial charge in [-0.15, -0.1) is 5.48 Å². The largest absolute Gasteiger partial charge is 0.548 e. The summed E-state index contributed by atoms with van der Waals surface area (Å²) in [5.41, 5.74) is 12.3. The Kier molecular flexibility index (Phi) is 5.58. The summed E-state index contributed by atoms with van der Waals surface area (Å²) in [5, 5.41) is 18.7. The molecule has 0 aromatic heterocycles. The zero-order valence-electron chi connectivity index (χ0n) is 8.06. The summed E-state index contributed by atoms with van der Waals surface area (Å²) in [5.74, 6) is -1.16. The van der Waals surface area contributed by atoms with E-state index in [0.29, 0.717) is 19.4 Å². The van der Waals surface area contributed by atoms with E-state index in [-0.39, 0.29) is 5.96 Å². The van der Waals surface area contributed by atoms with Gasteiger partial charge in [0.2, 0.25) is 0 Å². The van der Waals surface area contributed by atoms with Gasteiger partial charge in [-0.2, -0.15) is 0 Å². The van der Waals surface area contributed by atoms with Crippen LogP contribution < -0.4 is 22.1 Å². The highest BCUT2D eigenvalue weighted by Gasteiger charge is 2.05. The third kappa shape index (κ3) is 4.63. The van der Waals surface area contributed by atoms with Crippen LogP contribution in [0.4, 0.5) is 0 Å². The van der Waals surface area contributed by atoms with Crippen LogP contribution in [-0.2, 0) is 4.79 Å². The minimum Gasteiger partial charge on any atom is -0.548 e. The molecule has 0 spiro atoms. The van der Waals surface area contributed by atoms with Crippen molar-refractivity contribution in [2.75, 3.05) is 13.6 Å². The molecule has 0 aliphatic heterocycles. The number of carboxylic acid groups (broad SMARTS) is 1. The molecule has 0 aromatic rings. The van der Waals surface area contributed by atoms with Crippen molar-refractivity contribution in [1.29, 1.82) is 0 Å². The van der Waals surface area contributed by atoms with E-state index in [1.165, 1.54) is 0 Å². The number of carbonyl (C=O) groups is 1. The number of guanidine groups is 1. The molecule has 7 nitrogen and oxygen atoms in total. The topological polar surface area (TPSA) is 127 Å². The number of aliphatic carboxylic acids is 1. The van der Waals surface area contributed by atoms with Gasteiger partial charge < -0.3 is 15.6 Å². The van der Waals surface area contributed by atoms with Crippen molar-refractivity contribution >= 4 is 11.9 Å². The number of carbonyl (C=O) groups excluding carboxylic acids is 1. The summed E-state index contributed by atoms with van der Waals surface area (Å²) in [6.07, 6.45) is 0.861. The van der Waals surface area contributed by atoms with E-state index in [1.807, 2.05) is 0 Å². The number of nitrogens with two attached hydrogens (primary N) is 2. The second-order valence-corrected chi connectivity index (χ2v) is 2.99. The number of hydroxylamine groups is 1. The average molecular weight is 204 g/mol. The maximum absolute atomic E-state index is 10.2. The van der Waals surface area contributed by atoms with Crippen molar-refractivity contribution in [1.82, 2.24) is 5.48 Å². The number of carboxylic acids is 1. The van der Waals surface area contributed by atoms with Gasteiger partial charge >= 0.3 is 5.96 Å². The maximum atomic E-state index is 10.2. The molecule has 0 rings (SSSR count). The Morgan fingerprint density at radius 3 is 2.71 bits per heavy atom. The Morgan fingerprint density at radius 1 is 1.71 bits per heavy atom. The molecule has 0 heterocycles. The monoisotopic (exact) mass is 204 g/mol. The molecule has 14 heavy (non-hydrogen) atoms. The summed E-state index contributed by atoms with van der Waals surface area (Å²) >= 11 is 0. The lowest BCUT2D eigenvalue weighted by Gasteiger charge is -2.11. The SMILES string of the molecule is C[N+](CCC[C@H](N)C(=O)[O-])=C(N)NO. The number of hydrogen-bond acceptors (Lipinski definition) is 4. The molecule has 7 heteroatoms. The number of nitrogens with one attached hydrogen (secondary N) is 1. The predicted octanol–water partition coefficient (Wildman–Crippen LogP) is -3.22. The zero-order valence-corrected chi connectivity index (χ0v) is 8.06. The minimum atomic E-state index is -1.26. The highest BCUT2D eigenvalue weighted by molar-refractivity contribution is 5.71. The number of nitrogens with zero attached hydrogens (tertiary/aromatic N) is 1. The molecule has 1 atom stereocenters. The van der Waals surface area contributed by atoms with Crippen LogP contribution in [0.5, 0.6) is 0 Å². The molecule has 0 saturated heterocycles. The average Bonchev–Trinajstić information content (AvgIpc) is 2.15. The summed E-state index contributed by atoms with van der Waals surface area (Å²) < 4.78 is 1.54. The van der Waals surface area contributed by atoms with E-state index in [1.54, 1.807) is 17.1 Å². The van der Waals surface area contributed by atoms with Crippen LogP contribution in [0, 0.1) is 0 Å². The Morgan fingerprint density at radius 2 is 2.29 bits per heavy atom. The van der Waals surface area contributed by atoms with Crippen LogP contribution in [0.25, 0.3) is 0 Å². The van der Waals surface area contributed by atoms with Crippen LogP contribution in [0.2, 0.25) is 0 Å². The van der Waals surface area contributed by atoms with Crippen LogP contribution in [-0.4, -0.2) is 41.3 Å². The quantitative estimate of drug-likeness (QED) is 0.161. The van der Waals surface area contributed by atoms with Crippen molar-refractivity contribution in [3.8, 4) is 0 Å². The first-order valence-corrected chi connectivity index (χ1v) is 4.19. The van der Waals surface area contributed by atoms with Crippen LogP contribution in [0.3, 0.4) is 0 Å². The Hall–Kier alpha value is -1.34. The van der Waals surface area contributed by atoms with Crippen LogP contribution >= 0.6 is 0 Å². The number of rotatable bonds is 5. The summed E-state index contributed by atoms with van der Waals surface area (Å²) in [6, 6.07) is -0.952. The lowest BCUT2D eigenvalue weighted by atomic mass is 10.2. The normalized spacial score (nSPS) is 14.5. The molecular formula is C7H16N4O3. The second-order valence-electron chi connectivity index (χ2n) is 2.99. The highest BCUT2D eigenvalue weighted by Crippen LogP contribution is 1.93. The molecular weight excluding hydrogens is 188 g/mol. The molecule has 6 N–H and O–H groups in total. The number of hydrogen-bond donors (Lipinski definition) is 4. The van der Waals surface area contributed by atoms with Crippen molar-refractivity contribution in [3.63, 3.8) is 0 Å². The van der Waals surface area contributed by atoms with E-state index < -0.39 is 12.0 Å². The Labute approximate surface area is 82.0 Å². The molecule has 0 aliphatic carbocycles. The van der Waals surface area contributed by atoms with E-state index in [9.17, 15) is 9.90 Å². The lowest BCUT2D eigenvalue weighted by molar-refractivity contribution is -0.502. The first kappa shape index (κ1) is 12.7. The highest BCUT2D eigenvalue weighted by atomic mass is 16.5. The van der Waals surface area contributed by atoms with E-state index in [4.69, 9.17) is 16.7 Å². The minimum absolute atomic E-state index is 0.104. The van der Waals surface area contributed by atoms with Crippen LogP contribution in [0.1, 0.15) is 12.8 Å². The van der Waals surface area contributed by atoms with Gasteiger partial charge in [0, 0.05) is 6.04 Å². The molecule has 0 amide bonds. The van der Waals surface area contributed by atoms with Gasteiger partial charge in [0.15, 0.2) is 0 Å². The summed E-state index contributed by atoms with van der Waals surface area (Å²) in [6.45, 7) is 0.500. The van der Waals surface area contributed by atoms with Gasteiger partial charge in [-0.1, -0.05) is 0 Å². The second kappa shape index (κ2) is 6.17. The predicted molar refractivity (Wildman–Crippen MR) is 47.4 cm³/mol. The van der Waals surface area contributed by atoms with Crippen molar-refractivity contribution in [3.05, 3.63) is 0 Å². The molecule has 82 valence electrons. The van der Waals surface area contributed by atoms with Gasteiger partial charge in [-0.25, -0.2) is 5.21 Å². The van der Waals surface area contributed by atoms with Gasteiger partial charge in [0.05, 0.1) is 19.6 Å². The first-order valence-electron chi connectivity index (χ1n) is 4.19. The molecule has 0 aliphatic rings. The molecule has 0 saturated carbocycles. The molecule has 0 aromatic carbocycles. The Balaban J connectivity index is 3.80. The van der Waals surface area contributed by atoms with E-state index in [0.717, 1.165) is 0 Å². The van der Waals surface area contributed by atoms with Crippen molar-refractivity contribution < 1.29 is 19.7 Å². The first-order chi connectivity index (χ1) is 6.49. The maximum Gasteiger partial charge on any atom is 0.371 e. The molecule has 0 bridgehead atoms.